The SMILES string of the molecule is CS(=O)(=O)CCC1(O)CCSC1. The zero-order valence-electron chi connectivity index (χ0n) is 7.12. The standard InChI is InChI=1S/C7H14O3S2/c1-12(9,10)5-3-7(8)2-4-11-6-7/h8H,2-6H2,1H3. The average molecular weight is 210 g/mol. The second-order valence-corrected chi connectivity index (χ2v) is 6.77. The van der Waals surface area contributed by atoms with E-state index in [1.807, 2.05) is 0 Å². The van der Waals surface area contributed by atoms with Gasteiger partial charge in [-0.1, -0.05) is 0 Å². The first-order valence-corrected chi connectivity index (χ1v) is 7.11. The van der Waals surface area contributed by atoms with E-state index in [-0.39, 0.29) is 5.75 Å². The molecule has 0 aromatic heterocycles. The lowest BCUT2D eigenvalue weighted by Gasteiger charge is -2.19. The number of hydrogen-bond acceptors (Lipinski definition) is 4. The summed E-state index contributed by atoms with van der Waals surface area (Å²) in [5.41, 5.74) is -0.715. The highest BCUT2D eigenvalue weighted by Gasteiger charge is 2.32. The van der Waals surface area contributed by atoms with E-state index in [1.54, 1.807) is 11.8 Å². The molecule has 3 nitrogen and oxygen atoms in total. The third-order valence-electron chi connectivity index (χ3n) is 2.02. The fraction of sp³-hybridized carbons (Fsp3) is 1.00. The molecule has 0 radical (unpaired) electrons. The maximum atomic E-state index is 10.8. The summed E-state index contributed by atoms with van der Waals surface area (Å²) in [4.78, 5) is 0. The Bertz CT molecular complexity index is 239. The number of aliphatic hydroxyl groups is 1. The first-order chi connectivity index (χ1) is 5.41. The van der Waals surface area contributed by atoms with Gasteiger partial charge in [0.05, 0.1) is 11.4 Å². The first kappa shape index (κ1) is 10.3. The first-order valence-electron chi connectivity index (χ1n) is 3.89. The average Bonchev–Trinajstić information content (AvgIpc) is 2.32. The van der Waals surface area contributed by atoms with Crippen LogP contribution in [-0.4, -0.2) is 42.6 Å². The van der Waals surface area contributed by atoms with Gasteiger partial charge in [-0.15, -0.1) is 0 Å². The quantitative estimate of drug-likeness (QED) is 0.727. The lowest BCUT2D eigenvalue weighted by molar-refractivity contribution is 0.0650. The smallest absolute Gasteiger partial charge is 0.147 e. The van der Waals surface area contributed by atoms with Crippen molar-refractivity contribution in [2.75, 3.05) is 23.5 Å². The van der Waals surface area contributed by atoms with Gasteiger partial charge in [0.1, 0.15) is 9.84 Å². The predicted molar refractivity (Wildman–Crippen MR) is 51.2 cm³/mol. The summed E-state index contributed by atoms with van der Waals surface area (Å²) in [6, 6.07) is 0. The van der Waals surface area contributed by atoms with Crippen LogP contribution in [0.4, 0.5) is 0 Å². The highest BCUT2D eigenvalue weighted by Crippen LogP contribution is 2.30. The fourth-order valence-corrected chi connectivity index (χ4v) is 3.26. The number of hydrogen-bond donors (Lipinski definition) is 1. The van der Waals surface area contributed by atoms with Gasteiger partial charge in [-0.3, -0.25) is 0 Å². The summed E-state index contributed by atoms with van der Waals surface area (Å²) in [7, 11) is -2.92. The molecule has 1 N–H and O–H groups in total. The molecule has 1 unspecified atom stereocenters. The predicted octanol–water partition coefficient (Wildman–Crippen LogP) is 0.289. The molecule has 0 bridgehead atoms. The minimum Gasteiger partial charge on any atom is -0.389 e. The van der Waals surface area contributed by atoms with Crippen molar-refractivity contribution in [2.24, 2.45) is 0 Å². The summed E-state index contributed by atoms with van der Waals surface area (Å²) >= 11 is 1.69. The van der Waals surface area contributed by atoms with Crippen molar-refractivity contribution in [3.63, 3.8) is 0 Å². The van der Waals surface area contributed by atoms with Crippen LogP contribution in [0.15, 0.2) is 0 Å². The van der Waals surface area contributed by atoms with Crippen LogP contribution in [0, 0.1) is 0 Å². The van der Waals surface area contributed by atoms with Gasteiger partial charge in [-0.2, -0.15) is 11.8 Å². The minimum absolute atomic E-state index is 0.101. The van der Waals surface area contributed by atoms with Crippen molar-refractivity contribution in [3.8, 4) is 0 Å². The van der Waals surface area contributed by atoms with Crippen LogP contribution >= 0.6 is 11.8 Å². The lowest BCUT2D eigenvalue weighted by Crippen LogP contribution is -2.30. The van der Waals surface area contributed by atoms with Gasteiger partial charge in [0, 0.05) is 12.0 Å². The van der Waals surface area contributed by atoms with Gasteiger partial charge in [0.25, 0.3) is 0 Å². The minimum atomic E-state index is -2.92. The molecular formula is C7H14O3S2. The van der Waals surface area contributed by atoms with E-state index in [1.165, 1.54) is 6.26 Å². The van der Waals surface area contributed by atoms with Crippen LogP contribution < -0.4 is 0 Å². The van der Waals surface area contributed by atoms with Gasteiger partial charge in [-0.25, -0.2) is 8.42 Å². The molecule has 5 heteroatoms. The molecule has 0 spiro atoms. The van der Waals surface area contributed by atoms with Crippen LogP contribution in [0.2, 0.25) is 0 Å². The monoisotopic (exact) mass is 210 g/mol. The van der Waals surface area contributed by atoms with E-state index in [2.05, 4.69) is 0 Å². The summed E-state index contributed by atoms with van der Waals surface area (Å²) in [5.74, 6) is 1.73. The number of thioether (sulfide) groups is 1. The van der Waals surface area contributed by atoms with Gasteiger partial charge in [-0.05, 0) is 18.6 Å². The van der Waals surface area contributed by atoms with Crippen molar-refractivity contribution in [1.82, 2.24) is 0 Å². The highest BCUT2D eigenvalue weighted by molar-refractivity contribution is 7.99. The third kappa shape index (κ3) is 3.33. The van der Waals surface area contributed by atoms with Gasteiger partial charge < -0.3 is 5.11 Å². The summed E-state index contributed by atoms with van der Waals surface area (Å²) in [6.45, 7) is 0. The summed E-state index contributed by atoms with van der Waals surface area (Å²) in [6.07, 6.45) is 2.32. The normalized spacial score (nSPS) is 30.8. The van der Waals surface area contributed by atoms with Crippen molar-refractivity contribution >= 4 is 21.6 Å². The van der Waals surface area contributed by atoms with E-state index in [9.17, 15) is 13.5 Å². The second kappa shape index (κ2) is 3.55. The van der Waals surface area contributed by atoms with Crippen molar-refractivity contribution < 1.29 is 13.5 Å². The number of rotatable bonds is 3. The maximum absolute atomic E-state index is 10.8. The van der Waals surface area contributed by atoms with E-state index in [0.717, 1.165) is 12.2 Å². The largest absolute Gasteiger partial charge is 0.389 e. The van der Waals surface area contributed by atoms with Crippen LogP contribution in [0.3, 0.4) is 0 Å². The Labute approximate surface area is 77.5 Å². The Balaban J connectivity index is 2.41. The number of sulfone groups is 1. The molecule has 0 aromatic rings. The maximum Gasteiger partial charge on any atom is 0.147 e. The van der Waals surface area contributed by atoms with E-state index in [4.69, 9.17) is 0 Å². The van der Waals surface area contributed by atoms with Crippen molar-refractivity contribution in [2.45, 2.75) is 18.4 Å². The zero-order chi connectivity index (χ0) is 9.24. The summed E-state index contributed by atoms with van der Waals surface area (Å²) < 4.78 is 21.6. The van der Waals surface area contributed by atoms with Crippen LogP contribution in [0.5, 0.6) is 0 Å². The Morgan fingerprint density at radius 1 is 1.58 bits per heavy atom. The van der Waals surface area contributed by atoms with Crippen molar-refractivity contribution in [1.29, 1.82) is 0 Å². The van der Waals surface area contributed by atoms with Crippen LogP contribution in [0.25, 0.3) is 0 Å². The molecule has 1 heterocycles. The topological polar surface area (TPSA) is 54.4 Å². The molecule has 1 rings (SSSR count). The second-order valence-electron chi connectivity index (χ2n) is 3.41. The molecule has 1 saturated heterocycles. The molecule has 0 aromatic carbocycles. The summed E-state index contributed by atoms with van der Waals surface area (Å²) in [5, 5.41) is 9.77. The van der Waals surface area contributed by atoms with E-state index < -0.39 is 15.4 Å². The molecule has 0 amide bonds. The molecular weight excluding hydrogens is 196 g/mol. The van der Waals surface area contributed by atoms with Crippen LogP contribution in [0.1, 0.15) is 12.8 Å². The van der Waals surface area contributed by atoms with E-state index in [0.29, 0.717) is 12.2 Å². The van der Waals surface area contributed by atoms with Gasteiger partial charge in [0.15, 0.2) is 0 Å². The van der Waals surface area contributed by atoms with E-state index >= 15 is 0 Å². The molecule has 0 saturated carbocycles. The lowest BCUT2D eigenvalue weighted by atomic mass is 10.0. The molecule has 1 fully saturated rings. The Morgan fingerprint density at radius 3 is 2.67 bits per heavy atom. The van der Waals surface area contributed by atoms with Gasteiger partial charge >= 0.3 is 0 Å². The third-order valence-corrected chi connectivity index (χ3v) is 4.20. The molecule has 72 valence electrons. The molecule has 0 aliphatic carbocycles. The van der Waals surface area contributed by atoms with Crippen molar-refractivity contribution in [3.05, 3.63) is 0 Å². The molecule has 1 aliphatic rings. The Kier molecular flexibility index (Phi) is 3.06. The van der Waals surface area contributed by atoms with Crippen LogP contribution in [-0.2, 0) is 9.84 Å². The molecule has 12 heavy (non-hydrogen) atoms. The Hall–Kier alpha value is 0.260. The fourth-order valence-electron chi connectivity index (χ4n) is 1.17. The molecule has 1 atom stereocenters. The van der Waals surface area contributed by atoms with Gasteiger partial charge in [0.2, 0.25) is 0 Å². The highest BCUT2D eigenvalue weighted by atomic mass is 32.2. The zero-order valence-corrected chi connectivity index (χ0v) is 8.75. The Morgan fingerprint density at radius 2 is 2.25 bits per heavy atom. The molecule has 1 aliphatic heterocycles.